The van der Waals surface area contributed by atoms with Crippen LogP contribution in [0.25, 0.3) is 32.4 Å². The fourth-order valence-electron chi connectivity index (χ4n) is 3.85. The summed E-state index contributed by atoms with van der Waals surface area (Å²) in [6.07, 6.45) is 3.20. The van der Waals surface area contributed by atoms with Crippen LogP contribution in [0.5, 0.6) is 5.88 Å². The summed E-state index contributed by atoms with van der Waals surface area (Å²) in [4.78, 5) is 24.7. The number of likely N-dealkylation sites (N-methyl/N-ethyl adjacent to an activating group) is 1. The van der Waals surface area contributed by atoms with E-state index >= 15 is 0 Å². The molecule has 2 N–H and O–H groups in total. The maximum Gasteiger partial charge on any atom is 0.219 e. The molecule has 3 aromatic heterocycles. The van der Waals surface area contributed by atoms with Gasteiger partial charge in [-0.15, -0.1) is 11.3 Å². The smallest absolute Gasteiger partial charge is 0.219 e. The number of hydrogen-bond donors (Lipinski definition) is 2. The van der Waals surface area contributed by atoms with Gasteiger partial charge in [0.05, 0.1) is 16.6 Å². The molecule has 5 aromatic rings. The topological polar surface area (TPSA) is 96.0 Å². The number of ether oxygens (including phenoxy) is 1. The Hall–Kier alpha value is -3.82. The Bertz CT molecular complexity index is 1520. The molecule has 8 nitrogen and oxygen atoms in total. The number of fused-ring (bicyclic) bond motifs is 2. The SMILES string of the molecule is CCCC(=O)c1cc2ccc(-c3nc(Nc4ccc5[nH]ncc5c4)cc(OCCN(C)C)n3)cc2s1. The van der Waals surface area contributed by atoms with Gasteiger partial charge in [0.1, 0.15) is 12.4 Å². The van der Waals surface area contributed by atoms with Crippen molar-refractivity contribution in [1.29, 1.82) is 0 Å². The lowest BCUT2D eigenvalue weighted by molar-refractivity contribution is 0.0985. The van der Waals surface area contributed by atoms with Crippen molar-refractivity contribution in [3.63, 3.8) is 0 Å². The predicted octanol–water partition coefficient (Wildman–Crippen LogP) is 5.90. The fourth-order valence-corrected chi connectivity index (χ4v) is 4.92. The number of Topliss-reactive ketones (excluding diaryl/α,β-unsaturated/α-hetero) is 1. The Balaban J connectivity index is 1.48. The van der Waals surface area contributed by atoms with E-state index in [4.69, 9.17) is 14.7 Å². The monoisotopic (exact) mass is 500 g/mol. The molecule has 0 amide bonds. The molecule has 184 valence electrons. The van der Waals surface area contributed by atoms with Crippen LogP contribution < -0.4 is 10.1 Å². The van der Waals surface area contributed by atoms with Crippen molar-refractivity contribution in [2.24, 2.45) is 0 Å². The summed E-state index contributed by atoms with van der Waals surface area (Å²) in [6.45, 7) is 3.30. The minimum atomic E-state index is 0.189. The second-order valence-corrected chi connectivity index (χ2v) is 9.98. The number of nitrogens with one attached hydrogen (secondary N) is 2. The lowest BCUT2D eigenvalue weighted by atomic mass is 10.1. The Labute approximate surface area is 213 Å². The van der Waals surface area contributed by atoms with Gasteiger partial charge < -0.3 is 15.0 Å². The van der Waals surface area contributed by atoms with E-state index in [-0.39, 0.29) is 5.78 Å². The number of aromatic amines is 1. The first kappa shape index (κ1) is 23.9. The first-order valence-electron chi connectivity index (χ1n) is 11.9. The molecular weight excluding hydrogens is 472 g/mol. The minimum absolute atomic E-state index is 0.189. The molecule has 0 aliphatic rings. The summed E-state index contributed by atoms with van der Waals surface area (Å²) in [6, 6.07) is 15.8. The fraction of sp³-hybridized carbons (Fsp3) is 0.259. The van der Waals surface area contributed by atoms with Gasteiger partial charge in [-0.2, -0.15) is 10.1 Å². The van der Waals surface area contributed by atoms with Crippen molar-refractivity contribution in [2.75, 3.05) is 32.6 Å². The molecule has 0 unspecified atom stereocenters. The zero-order valence-electron chi connectivity index (χ0n) is 20.5. The number of benzene rings is 2. The summed E-state index contributed by atoms with van der Waals surface area (Å²) in [5, 5.41) is 12.5. The van der Waals surface area contributed by atoms with Crippen molar-refractivity contribution in [3.8, 4) is 17.3 Å². The average Bonchev–Trinajstić information content (AvgIpc) is 3.50. The van der Waals surface area contributed by atoms with Crippen LogP contribution in [0, 0.1) is 0 Å². The number of anilines is 2. The highest BCUT2D eigenvalue weighted by molar-refractivity contribution is 7.20. The van der Waals surface area contributed by atoms with Crippen LogP contribution in [0.4, 0.5) is 11.5 Å². The Morgan fingerprint density at radius 2 is 1.97 bits per heavy atom. The molecule has 0 aliphatic carbocycles. The van der Waals surface area contributed by atoms with Crippen molar-refractivity contribution < 1.29 is 9.53 Å². The van der Waals surface area contributed by atoms with E-state index in [1.807, 2.05) is 69.6 Å². The highest BCUT2D eigenvalue weighted by Crippen LogP contribution is 2.32. The van der Waals surface area contributed by atoms with Crippen LogP contribution in [0.15, 0.2) is 54.7 Å². The number of hydrogen-bond acceptors (Lipinski definition) is 8. The lowest BCUT2D eigenvalue weighted by Gasteiger charge is -2.13. The van der Waals surface area contributed by atoms with Crippen LogP contribution >= 0.6 is 11.3 Å². The van der Waals surface area contributed by atoms with Crippen molar-refractivity contribution in [2.45, 2.75) is 19.8 Å². The van der Waals surface area contributed by atoms with Crippen LogP contribution in [-0.4, -0.2) is 58.1 Å². The summed E-state index contributed by atoms with van der Waals surface area (Å²) in [7, 11) is 4.01. The highest BCUT2D eigenvalue weighted by atomic mass is 32.1. The van der Waals surface area contributed by atoms with E-state index in [0.29, 0.717) is 30.5 Å². The van der Waals surface area contributed by atoms with E-state index in [1.54, 1.807) is 6.20 Å². The second-order valence-electron chi connectivity index (χ2n) is 8.90. The molecule has 36 heavy (non-hydrogen) atoms. The summed E-state index contributed by atoms with van der Waals surface area (Å²) in [5.41, 5.74) is 2.73. The van der Waals surface area contributed by atoms with Crippen molar-refractivity contribution >= 4 is 49.6 Å². The van der Waals surface area contributed by atoms with Gasteiger partial charge in [-0.25, -0.2) is 4.98 Å². The lowest BCUT2D eigenvalue weighted by Crippen LogP contribution is -2.19. The van der Waals surface area contributed by atoms with Gasteiger partial charge in [0.2, 0.25) is 5.88 Å². The number of rotatable bonds is 10. The molecule has 0 radical (unpaired) electrons. The largest absolute Gasteiger partial charge is 0.476 e. The summed E-state index contributed by atoms with van der Waals surface area (Å²) >= 11 is 1.52. The Kier molecular flexibility index (Phi) is 6.92. The van der Waals surface area contributed by atoms with E-state index in [9.17, 15) is 4.79 Å². The van der Waals surface area contributed by atoms with Gasteiger partial charge in [-0.05, 0) is 56.2 Å². The van der Waals surface area contributed by atoms with Crippen molar-refractivity contribution in [3.05, 3.63) is 59.6 Å². The first-order valence-corrected chi connectivity index (χ1v) is 12.7. The number of carbonyl (C=O) groups is 1. The maximum atomic E-state index is 12.4. The Morgan fingerprint density at radius 1 is 1.08 bits per heavy atom. The number of nitrogens with zero attached hydrogens (tertiary/aromatic N) is 4. The zero-order chi connectivity index (χ0) is 25.1. The molecule has 0 aliphatic heterocycles. The minimum Gasteiger partial charge on any atom is -0.476 e. The normalized spacial score (nSPS) is 11.4. The van der Waals surface area contributed by atoms with Gasteiger partial charge in [-0.3, -0.25) is 9.89 Å². The molecule has 0 fully saturated rings. The number of thiophene rings is 1. The van der Waals surface area contributed by atoms with Gasteiger partial charge >= 0.3 is 0 Å². The molecule has 0 atom stereocenters. The number of H-pyrrole nitrogens is 1. The molecule has 0 bridgehead atoms. The number of aromatic nitrogens is 4. The van der Waals surface area contributed by atoms with Crippen LogP contribution in [-0.2, 0) is 0 Å². The molecule has 5 rings (SSSR count). The van der Waals surface area contributed by atoms with Crippen LogP contribution in [0.1, 0.15) is 29.4 Å². The second kappa shape index (κ2) is 10.4. The van der Waals surface area contributed by atoms with Crippen LogP contribution in [0.2, 0.25) is 0 Å². The first-order chi connectivity index (χ1) is 17.5. The molecule has 3 heterocycles. The summed E-state index contributed by atoms with van der Waals surface area (Å²) < 4.78 is 7.01. The van der Waals surface area contributed by atoms with E-state index < -0.39 is 0 Å². The molecular formula is C27H28N6O2S. The number of carbonyl (C=O) groups excluding carboxylic acids is 1. The molecule has 0 saturated carbocycles. The maximum absolute atomic E-state index is 12.4. The van der Waals surface area contributed by atoms with Gasteiger partial charge in [0.15, 0.2) is 11.6 Å². The standard InChI is InChI=1S/C27H28N6O2S/c1-4-5-22(34)24-13-17-6-7-18(14-23(17)36-24)27-30-25(15-26(31-27)35-11-10-33(2)3)29-20-8-9-21-19(12-20)16-28-32-21/h6-9,12-16H,4-5,10-11H2,1-3H3,(H,28,32)(H,29,30,31). The third-order valence-corrected chi connectivity index (χ3v) is 6.87. The van der Waals surface area contributed by atoms with E-state index in [1.165, 1.54) is 11.3 Å². The molecule has 2 aromatic carbocycles. The molecule has 0 saturated heterocycles. The van der Waals surface area contributed by atoms with Crippen molar-refractivity contribution in [1.82, 2.24) is 25.1 Å². The van der Waals surface area contributed by atoms with E-state index in [2.05, 4.69) is 20.4 Å². The number of ketones is 1. The third-order valence-electron chi connectivity index (χ3n) is 5.73. The average molecular weight is 501 g/mol. The zero-order valence-corrected chi connectivity index (χ0v) is 21.4. The van der Waals surface area contributed by atoms with E-state index in [0.717, 1.165) is 50.1 Å². The third kappa shape index (κ3) is 5.37. The Morgan fingerprint density at radius 3 is 2.81 bits per heavy atom. The predicted molar refractivity (Wildman–Crippen MR) is 146 cm³/mol. The van der Waals surface area contributed by atoms with Gasteiger partial charge in [0.25, 0.3) is 0 Å². The molecule has 9 heteroatoms. The van der Waals surface area contributed by atoms with Gasteiger partial charge in [-0.1, -0.05) is 19.1 Å². The van der Waals surface area contributed by atoms with Gasteiger partial charge in [0, 0.05) is 40.4 Å². The van der Waals surface area contributed by atoms with Crippen LogP contribution in [0.3, 0.4) is 0 Å². The highest BCUT2D eigenvalue weighted by Gasteiger charge is 2.13. The molecule has 0 spiro atoms. The summed E-state index contributed by atoms with van der Waals surface area (Å²) in [5.74, 6) is 1.88. The quantitative estimate of drug-likeness (QED) is 0.230.